The Morgan fingerprint density at radius 1 is 1.00 bits per heavy atom. The van der Waals surface area contributed by atoms with Crippen LogP contribution in [0.1, 0.15) is 16.7 Å². The van der Waals surface area contributed by atoms with Crippen molar-refractivity contribution in [2.75, 3.05) is 17.6 Å². The van der Waals surface area contributed by atoms with Crippen LogP contribution in [0.25, 0.3) is 0 Å². The van der Waals surface area contributed by atoms with Crippen LogP contribution in [0, 0.1) is 3.57 Å². The van der Waals surface area contributed by atoms with E-state index in [1.165, 1.54) is 14.7 Å². The van der Waals surface area contributed by atoms with Crippen molar-refractivity contribution >= 4 is 34.4 Å². The van der Waals surface area contributed by atoms with Crippen molar-refractivity contribution in [2.45, 2.75) is 12.8 Å². The van der Waals surface area contributed by atoms with Crippen LogP contribution in [-0.4, -0.2) is 16.5 Å². The number of hydrogen-bond donors (Lipinski definition) is 2. The molecule has 3 aromatic rings. The first-order chi connectivity index (χ1) is 11.7. The van der Waals surface area contributed by atoms with E-state index in [-0.39, 0.29) is 0 Å². The Kier molecular flexibility index (Phi) is 5.63. The van der Waals surface area contributed by atoms with Gasteiger partial charge in [-0.3, -0.25) is 0 Å². The van der Waals surface area contributed by atoms with Crippen LogP contribution >= 0.6 is 22.6 Å². The summed E-state index contributed by atoms with van der Waals surface area (Å²) in [5.74, 6) is 1.11. The Balaban J connectivity index is 1.60. The van der Waals surface area contributed by atoms with Gasteiger partial charge < -0.3 is 11.1 Å². The SMILES string of the molecule is Nc1nc(NCCc2ccccc2)ncc1Cc1cccc(I)c1. The summed E-state index contributed by atoms with van der Waals surface area (Å²) in [4.78, 5) is 8.76. The maximum Gasteiger partial charge on any atom is 0.224 e. The molecule has 0 saturated carbocycles. The number of aromatic nitrogens is 2. The quantitative estimate of drug-likeness (QED) is 0.583. The van der Waals surface area contributed by atoms with E-state index >= 15 is 0 Å². The number of nitrogens with one attached hydrogen (secondary N) is 1. The molecule has 0 fully saturated rings. The highest BCUT2D eigenvalue weighted by Gasteiger charge is 2.06. The lowest BCUT2D eigenvalue weighted by molar-refractivity contribution is 0.977. The first kappa shape index (κ1) is 16.7. The third kappa shape index (κ3) is 4.67. The monoisotopic (exact) mass is 430 g/mol. The van der Waals surface area contributed by atoms with Crippen LogP contribution < -0.4 is 11.1 Å². The van der Waals surface area contributed by atoms with E-state index in [9.17, 15) is 0 Å². The van der Waals surface area contributed by atoms with E-state index in [4.69, 9.17) is 5.73 Å². The summed E-state index contributed by atoms with van der Waals surface area (Å²) >= 11 is 2.31. The van der Waals surface area contributed by atoms with E-state index in [0.717, 1.165) is 24.9 Å². The van der Waals surface area contributed by atoms with Crippen molar-refractivity contribution in [3.8, 4) is 0 Å². The zero-order valence-electron chi connectivity index (χ0n) is 13.2. The van der Waals surface area contributed by atoms with Gasteiger partial charge in [-0.25, -0.2) is 4.98 Å². The molecule has 0 unspecified atom stereocenters. The van der Waals surface area contributed by atoms with E-state index in [1.54, 1.807) is 0 Å². The molecule has 0 saturated heterocycles. The number of nitrogen functional groups attached to an aromatic ring is 1. The van der Waals surface area contributed by atoms with Crippen molar-refractivity contribution in [3.63, 3.8) is 0 Å². The molecule has 0 aliphatic heterocycles. The Hall–Kier alpha value is -2.15. The van der Waals surface area contributed by atoms with E-state index in [0.29, 0.717) is 11.8 Å². The molecule has 0 amide bonds. The van der Waals surface area contributed by atoms with Crippen LogP contribution in [0.3, 0.4) is 0 Å². The van der Waals surface area contributed by atoms with E-state index in [2.05, 4.69) is 68.2 Å². The summed E-state index contributed by atoms with van der Waals surface area (Å²) in [7, 11) is 0. The van der Waals surface area contributed by atoms with Gasteiger partial charge in [0.25, 0.3) is 0 Å². The molecule has 0 radical (unpaired) electrons. The molecule has 0 spiro atoms. The molecule has 1 heterocycles. The fourth-order valence-corrected chi connectivity index (χ4v) is 3.08. The molecule has 24 heavy (non-hydrogen) atoms. The molecule has 2 aromatic carbocycles. The van der Waals surface area contributed by atoms with Gasteiger partial charge in [0.1, 0.15) is 5.82 Å². The highest BCUT2D eigenvalue weighted by molar-refractivity contribution is 14.1. The number of rotatable bonds is 6. The van der Waals surface area contributed by atoms with Gasteiger partial charge in [0.05, 0.1) is 0 Å². The van der Waals surface area contributed by atoms with Gasteiger partial charge in [-0.2, -0.15) is 4.98 Å². The van der Waals surface area contributed by atoms with Crippen molar-refractivity contribution in [1.29, 1.82) is 0 Å². The first-order valence-electron chi connectivity index (χ1n) is 7.84. The average molecular weight is 430 g/mol. The molecular weight excluding hydrogens is 411 g/mol. The number of nitrogens with two attached hydrogens (primary N) is 1. The molecule has 4 nitrogen and oxygen atoms in total. The van der Waals surface area contributed by atoms with E-state index in [1.807, 2.05) is 30.5 Å². The predicted octanol–water partition coefficient (Wildman–Crippen LogP) is 3.91. The van der Waals surface area contributed by atoms with E-state index < -0.39 is 0 Å². The molecule has 3 rings (SSSR count). The predicted molar refractivity (Wildman–Crippen MR) is 107 cm³/mol. The molecule has 3 N–H and O–H groups in total. The Labute approximate surface area is 155 Å². The van der Waals surface area contributed by atoms with Crippen molar-refractivity contribution in [1.82, 2.24) is 9.97 Å². The number of benzene rings is 2. The maximum absolute atomic E-state index is 6.10. The lowest BCUT2D eigenvalue weighted by Crippen LogP contribution is -2.10. The molecule has 5 heteroatoms. The second-order valence-corrected chi connectivity index (χ2v) is 6.82. The van der Waals surface area contributed by atoms with Crippen LogP contribution in [0.5, 0.6) is 0 Å². The Bertz CT molecular complexity index is 805. The molecule has 1 aromatic heterocycles. The van der Waals surface area contributed by atoms with Crippen LogP contribution in [0.15, 0.2) is 60.8 Å². The third-order valence-corrected chi connectivity index (χ3v) is 4.39. The fourth-order valence-electron chi connectivity index (χ4n) is 2.47. The Morgan fingerprint density at radius 2 is 1.79 bits per heavy atom. The second kappa shape index (κ2) is 8.10. The maximum atomic E-state index is 6.10. The average Bonchev–Trinajstić information content (AvgIpc) is 2.58. The zero-order chi connectivity index (χ0) is 16.8. The number of anilines is 2. The molecule has 122 valence electrons. The smallest absolute Gasteiger partial charge is 0.224 e. The number of nitrogens with zero attached hydrogens (tertiary/aromatic N) is 2. The van der Waals surface area contributed by atoms with Crippen molar-refractivity contribution in [3.05, 3.63) is 81.1 Å². The molecule has 0 aliphatic rings. The third-order valence-electron chi connectivity index (χ3n) is 3.72. The van der Waals surface area contributed by atoms with Gasteiger partial charge in [-0.1, -0.05) is 42.5 Å². The van der Waals surface area contributed by atoms with Crippen LogP contribution in [-0.2, 0) is 12.8 Å². The Morgan fingerprint density at radius 3 is 2.54 bits per heavy atom. The van der Waals surface area contributed by atoms with Crippen molar-refractivity contribution in [2.24, 2.45) is 0 Å². The minimum absolute atomic E-state index is 0.533. The van der Waals surface area contributed by atoms with Gasteiger partial charge in [0.15, 0.2) is 0 Å². The lowest BCUT2D eigenvalue weighted by Gasteiger charge is -2.09. The van der Waals surface area contributed by atoms with Crippen LogP contribution in [0.4, 0.5) is 11.8 Å². The van der Waals surface area contributed by atoms with Crippen LogP contribution in [0.2, 0.25) is 0 Å². The summed E-state index contributed by atoms with van der Waals surface area (Å²) in [5.41, 5.74) is 9.54. The topological polar surface area (TPSA) is 63.8 Å². The highest BCUT2D eigenvalue weighted by Crippen LogP contribution is 2.17. The molecule has 0 atom stereocenters. The molecular formula is C19H19IN4. The van der Waals surface area contributed by atoms with Gasteiger partial charge in [-0.15, -0.1) is 0 Å². The number of halogens is 1. The lowest BCUT2D eigenvalue weighted by atomic mass is 10.1. The summed E-state index contributed by atoms with van der Waals surface area (Å²) in [6.07, 6.45) is 3.48. The summed E-state index contributed by atoms with van der Waals surface area (Å²) in [6.45, 7) is 0.777. The summed E-state index contributed by atoms with van der Waals surface area (Å²) in [5, 5.41) is 3.23. The van der Waals surface area contributed by atoms with Gasteiger partial charge in [-0.05, 0) is 52.3 Å². The second-order valence-electron chi connectivity index (χ2n) is 5.57. The normalized spacial score (nSPS) is 10.5. The highest BCUT2D eigenvalue weighted by atomic mass is 127. The standard InChI is InChI=1S/C19H19IN4/c20-17-8-4-7-15(12-17)11-16-13-23-19(24-18(16)21)22-10-9-14-5-2-1-3-6-14/h1-8,12-13H,9-11H2,(H3,21,22,23,24). The molecule has 0 aliphatic carbocycles. The summed E-state index contributed by atoms with van der Waals surface area (Å²) in [6, 6.07) is 18.7. The number of hydrogen-bond acceptors (Lipinski definition) is 4. The zero-order valence-corrected chi connectivity index (χ0v) is 15.4. The summed E-state index contributed by atoms with van der Waals surface area (Å²) < 4.78 is 1.21. The fraction of sp³-hybridized carbons (Fsp3) is 0.158. The first-order valence-corrected chi connectivity index (χ1v) is 8.92. The largest absolute Gasteiger partial charge is 0.383 e. The van der Waals surface area contributed by atoms with Crippen molar-refractivity contribution < 1.29 is 0 Å². The molecule has 0 bridgehead atoms. The van der Waals surface area contributed by atoms with Gasteiger partial charge in [0.2, 0.25) is 5.95 Å². The minimum Gasteiger partial charge on any atom is -0.383 e. The van der Waals surface area contributed by atoms with Gasteiger partial charge >= 0.3 is 0 Å². The van der Waals surface area contributed by atoms with Gasteiger partial charge in [0, 0.05) is 28.3 Å². The minimum atomic E-state index is 0.533.